The Morgan fingerprint density at radius 1 is 1.14 bits per heavy atom. The quantitative estimate of drug-likeness (QED) is 0.547. The molecule has 0 saturated carbocycles. The van der Waals surface area contributed by atoms with Crippen LogP contribution in [0, 0.1) is 0 Å². The SMILES string of the molecule is COC(=O)C(O)C(O)(CCCC(C)(C)O)C(=O)OC(C)C. The van der Waals surface area contributed by atoms with Gasteiger partial charge in [-0.1, -0.05) is 0 Å². The first-order chi connectivity index (χ1) is 9.44. The molecule has 0 saturated heterocycles. The summed E-state index contributed by atoms with van der Waals surface area (Å²) in [4.78, 5) is 23.4. The minimum atomic E-state index is -2.40. The fraction of sp³-hybridized carbons (Fsp3) is 0.857. The van der Waals surface area contributed by atoms with Crippen LogP contribution in [-0.4, -0.2) is 57.8 Å². The summed E-state index contributed by atoms with van der Waals surface area (Å²) >= 11 is 0. The topological polar surface area (TPSA) is 113 Å². The Kier molecular flexibility index (Phi) is 7.29. The predicted molar refractivity (Wildman–Crippen MR) is 74.3 cm³/mol. The van der Waals surface area contributed by atoms with Gasteiger partial charge in [-0.2, -0.15) is 0 Å². The summed E-state index contributed by atoms with van der Waals surface area (Å²) in [7, 11) is 1.04. The molecule has 7 heteroatoms. The van der Waals surface area contributed by atoms with Crippen LogP contribution in [0.25, 0.3) is 0 Å². The van der Waals surface area contributed by atoms with E-state index < -0.39 is 35.3 Å². The molecule has 21 heavy (non-hydrogen) atoms. The van der Waals surface area contributed by atoms with Crippen LogP contribution in [0.1, 0.15) is 47.0 Å². The highest BCUT2D eigenvalue weighted by atomic mass is 16.6. The Bertz CT molecular complexity index is 359. The molecule has 0 heterocycles. The van der Waals surface area contributed by atoms with Crippen molar-refractivity contribution in [1.29, 1.82) is 0 Å². The molecule has 0 aromatic carbocycles. The maximum absolute atomic E-state index is 12.0. The molecular formula is C14H26O7. The van der Waals surface area contributed by atoms with Gasteiger partial charge in [-0.3, -0.25) is 0 Å². The first-order valence-electron chi connectivity index (χ1n) is 6.86. The fourth-order valence-corrected chi connectivity index (χ4v) is 1.76. The van der Waals surface area contributed by atoms with Crippen molar-refractivity contribution in [1.82, 2.24) is 0 Å². The summed E-state index contributed by atoms with van der Waals surface area (Å²) in [6, 6.07) is 0. The van der Waals surface area contributed by atoms with Crippen LogP contribution in [0.5, 0.6) is 0 Å². The van der Waals surface area contributed by atoms with E-state index in [1.165, 1.54) is 0 Å². The number of hydrogen-bond acceptors (Lipinski definition) is 7. The predicted octanol–water partition coefficient (Wildman–Crippen LogP) is 0.144. The van der Waals surface area contributed by atoms with Gasteiger partial charge in [0.2, 0.25) is 0 Å². The van der Waals surface area contributed by atoms with Crippen LogP contribution in [-0.2, 0) is 19.1 Å². The van der Waals surface area contributed by atoms with Gasteiger partial charge in [0, 0.05) is 0 Å². The zero-order valence-corrected chi connectivity index (χ0v) is 13.3. The normalized spacial score (nSPS) is 16.2. The number of esters is 2. The van der Waals surface area contributed by atoms with Crippen molar-refractivity contribution in [3.05, 3.63) is 0 Å². The summed E-state index contributed by atoms with van der Waals surface area (Å²) < 4.78 is 9.25. The second kappa shape index (κ2) is 7.72. The number of aliphatic hydroxyl groups is 3. The van der Waals surface area contributed by atoms with Crippen LogP contribution in [0.2, 0.25) is 0 Å². The monoisotopic (exact) mass is 306 g/mol. The van der Waals surface area contributed by atoms with E-state index in [-0.39, 0.29) is 19.3 Å². The van der Waals surface area contributed by atoms with E-state index >= 15 is 0 Å². The van der Waals surface area contributed by atoms with Crippen molar-refractivity contribution in [3.63, 3.8) is 0 Å². The maximum atomic E-state index is 12.0. The Morgan fingerprint density at radius 2 is 1.67 bits per heavy atom. The Balaban J connectivity index is 5.07. The molecule has 0 bridgehead atoms. The molecule has 0 aliphatic carbocycles. The molecule has 0 rings (SSSR count). The van der Waals surface area contributed by atoms with E-state index in [2.05, 4.69) is 4.74 Å². The Hall–Kier alpha value is -1.18. The van der Waals surface area contributed by atoms with E-state index in [9.17, 15) is 24.9 Å². The largest absolute Gasteiger partial charge is 0.467 e. The van der Waals surface area contributed by atoms with Gasteiger partial charge in [-0.25, -0.2) is 9.59 Å². The van der Waals surface area contributed by atoms with E-state index in [0.29, 0.717) is 0 Å². The summed E-state index contributed by atoms with van der Waals surface area (Å²) in [5, 5.41) is 29.9. The van der Waals surface area contributed by atoms with E-state index in [1.807, 2.05) is 0 Å². The number of carbonyl (C=O) groups excluding carboxylic acids is 2. The summed E-state index contributed by atoms with van der Waals surface area (Å²) in [5.74, 6) is -2.22. The number of methoxy groups -OCH3 is 1. The standard InChI is InChI=1S/C14H26O7/c1-9(2)21-12(17)14(19,10(15)11(16)20-5)8-6-7-13(3,4)18/h9-10,15,18-19H,6-8H2,1-5H3. The van der Waals surface area contributed by atoms with Gasteiger partial charge in [0.15, 0.2) is 11.7 Å². The summed E-state index contributed by atoms with van der Waals surface area (Å²) in [5.41, 5.74) is -3.39. The first-order valence-corrected chi connectivity index (χ1v) is 6.86. The molecule has 124 valence electrons. The lowest BCUT2D eigenvalue weighted by Gasteiger charge is -2.30. The van der Waals surface area contributed by atoms with Crippen molar-refractivity contribution in [2.45, 2.75) is 70.4 Å². The minimum absolute atomic E-state index is 0.210. The number of ether oxygens (including phenoxy) is 2. The number of hydrogen-bond donors (Lipinski definition) is 3. The molecule has 2 unspecified atom stereocenters. The molecule has 0 fully saturated rings. The third-order valence-electron chi connectivity index (χ3n) is 2.92. The fourth-order valence-electron chi connectivity index (χ4n) is 1.76. The smallest absolute Gasteiger partial charge is 0.341 e. The van der Waals surface area contributed by atoms with Gasteiger partial charge in [-0.15, -0.1) is 0 Å². The van der Waals surface area contributed by atoms with E-state index in [4.69, 9.17) is 4.74 Å². The third-order valence-corrected chi connectivity index (χ3v) is 2.92. The van der Waals surface area contributed by atoms with Gasteiger partial charge >= 0.3 is 11.9 Å². The van der Waals surface area contributed by atoms with Crippen molar-refractivity contribution in [2.24, 2.45) is 0 Å². The number of rotatable bonds is 8. The lowest BCUT2D eigenvalue weighted by atomic mass is 9.88. The second-order valence-corrected chi connectivity index (χ2v) is 5.97. The van der Waals surface area contributed by atoms with Crippen LogP contribution in [0.15, 0.2) is 0 Å². The minimum Gasteiger partial charge on any atom is -0.467 e. The molecule has 0 aliphatic heterocycles. The van der Waals surface area contributed by atoms with E-state index in [1.54, 1.807) is 27.7 Å². The Labute approximate surface area is 124 Å². The average molecular weight is 306 g/mol. The molecule has 2 atom stereocenters. The lowest BCUT2D eigenvalue weighted by molar-refractivity contribution is -0.193. The number of carbonyl (C=O) groups is 2. The Morgan fingerprint density at radius 3 is 2.05 bits per heavy atom. The summed E-state index contributed by atoms with van der Waals surface area (Å²) in [6.45, 7) is 6.32. The van der Waals surface area contributed by atoms with Crippen LogP contribution >= 0.6 is 0 Å². The highest BCUT2D eigenvalue weighted by Gasteiger charge is 2.49. The van der Waals surface area contributed by atoms with Crippen molar-refractivity contribution >= 4 is 11.9 Å². The molecule has 0 aromatic rings. The highest BCUT2D eigenvalue weighted by Crippen LogP contribution is 2.25. The van der Waals surface area contributed by atoms with E-state index in [0.717, 1.165) is 7.11 Å². The van der Waals surface area contributed by atoms with Crippen LogP contribution in [0.4, 0.5) is 0 Å². The molecule has 0 spiro atoms. The third kappa shape index (κ3) is 6.41. The number of aliphatic hydroxyl groups excluding tert-OH is 1. The second-order valence-electron chi connectivity index (χ2n) is 5.97. The van der Waals surface area contributed by atoms with Gasteiger partial charge in [0.05, 0.1) is 18.8 Å². The van der Waals surface area contributed by atoms with Gasteiger partial charge < -0.3 is 24.8 Å². The molecule has 3 N–H and O–H groups in total. The van der Waals surface area contributed by atoms with Gasteiger partial charge in [-0.05, 0) is 47.0 Å². The molecular weight excluding hydrogens is 280 g/mol. The molecule has 7 nitrogen and oxygen atoms in total. The first kappa shape index (κ1) is 19.8. The summed E-state index contributed by atoms with van der Waals surface area (Å²) in [6.07, 6.45) is -2.31. The molecule has 0 aliphatic rings. The molecule has 0 radical (unpaired) electrons. The molecule has 0 aromatic heterocycles. The van der Waals surface area contributed by atoms with Crippen LogP contribution < -0.4 is 0 Å². The van der Waals surface area contributed by atoms with Crippen molar-refractivity contribution in [3.8, 4) is 0 Å². The average Bonchev–Trinajstić information content (AvgIpc) is 2.34. The zero-order chi connectivity index (χ0) is 16.8. The highest BCUT2D eigenvalue weighted by molar-refractivity contribution is 5.89. The maximum Gasteiger partial charge on any atom is 0.341 e. The van der Waals surface area contributed by atoms with Crippen LogP contribution in [0.3, 0.4) is 0 Å². The lowest BCUT2D eigenvalue weighted by Crippen LogP contribution is -2.55. The van der Waals surface area contributed by atoms with Gasteiger partial charge in [0.25, 0.3) is 0 Å². The van der Waals surface area contributed by atoms with Crippen molar-refractivity contribution in [2.75, 3.05) is 7.11 Å². The van der Waals surface area contributed by atoms with Gasteiger partial charge in [0.1, 0.15) is 0 Å². The zero-order valence-electron chi connectivity index (χ0n) is 13.3. The van der Waals surface area contributed by atoms with Crippen molar-refractivity contribution < 1.29 is 34.4 Å². The molecule has 0 amide bonds.